The second-order valence-electron chi connectivity index (χ2n) is 1.96. The number of aromatic nitrogens is 1. The molecule has 0 unspecified atom stereocenters. The molecule has 0 N–H and O–H groups in total. The molecule has 0 amide bonds. The monoisotopic (exact) mass is 197 g/mol. The molecule has 0 aliphatic heterocycles. The van der Waals surface area contributed by atoms with Crippen molar-refractivity contribution in [1.29, 1.82) is 0 Å². The third kappa shape index (κ3) is 2.01. The van der Waals surface area contributed by atoms with Crippen molar-refractivity contribution >= 4 is 11.9 Å². The number of nitrogens with zero attached hydrogens (tertiary/aromatic N) is 1. The first-order valence-electron chi connectivity index (χ1n) is 2.86. The lowest BCUT2D eigenvalue weighted by Gasteiger charge is -2.04. The van der Waals surface area contributed by atoms with Crippen molar-refractivity contribution in [3.63, 3.8) is 0 Å². The molecule has 0 aliphatic carbocycles. The van der Waals surface area contributed by atoms with Crippen molar-refractivity contribution in [3.05, 3.63) is 23.9 Å². The van der Waals surface area contributed by atoms with Gasteiger partial charge in [0.25, 0.3) is 0 Å². The summed E-state index contributed by atoms with van der Waals surface area (Å²) in [5.74, 6) is -0.0651. The maximum atomic E-state index is 11.9. The van der Waals surface area contributed by atoms with Gasteiger partial charge in [0.05, 0.1) is 5.56 Å². The SMILES string of the molecule is FC(F)(F)c1ccc(OCl)nc1. The minimum atomic E-state index is -4.38. The van der Waals surface area contributed by atoms with Crippen LogP contribution in [0.25, 0.3) is 0 Å². The summed E-state index contributed by atoms with van der Waals surface area (Å²) >= 11 is 4.85. The summed E-state index contributed by atoms with van der Waals surface area (Å²) in [6, 6.07) is 1.88. The zero-order valence-electron chi connectivity index (χ0n) is 5.60. The molecular weight excluding hydrogens is 195 g/mol. The Morgan fingerprint density at radius 1 is 1.33 bits per heavy atom. The van der Waals surface area contributed by atoms with Crippen molar-refractivity contribution in [2.45, 2.75) is 6.18 Å². The van der Waals surface area contributed by atoms with E-state index in [1.807, 2.05) is 0 Å². The lowest BCUT2D eigenvalue weighted by Crippen LogP contribution is -2.04. The van der Waals surface area contributed by atoms with E-state index in [0.29, 0.717) is 6.20 Å². The van der Waals surface area contributed by atoms with E-state index in [1.165, 1.54) is 0 Å². The summed E-state index contributed by atoms with van der Waals surface area (Å²) in [6.07, 6.45) is -3.73. The van der Waals surface area contributed by atoms with E-state index in [9.17, 15) is 13.2 Å². The fourth-order valence-electron chi connectivity index (χ4n) is 0.594. The van der Waals surface area contributed by atoms with E-state index in [1.54, 1.807) is 0 Å². The summed E-state index contributed by atoms with van der Waals surface area (Å²) in [5, 5.41) is 0. The van der Waals surface area contributed by atoms with E-state index in [0.717, 1.165) is 12.1 Å². The summed E-state index contributed by atoms with van der Waals surface area (Å²) in [4.78, 5) is 3.29. The number of alkyl halides is 3. The Bertz CT molecular complexity index is 258. The first kappa shape index (κ1) is 9.12. The molecule has 2 nitrogen and oxygen atoms in total. The number of hydrogen-bond acceptors (Lipinski definition) is 2. The molecule has 6 heteroatoms. The van der Waals surface area contributed by atoms with E-state index in [4.69, 9.17) is 11.9 Å². The standard InChI is InChI=1S/C6H3ClF3NO/c7-12-5-2-1-4(3-11-5)6(8,9)10/h1-3H. The van der Waals surface area contributed by atoms with Gasteiger partial charge in [0.1, 0.15) is 11.9 Å². The van der Waals surface area contributed by atoms with Gasteiger partial charge in [-0.25, -0.2) is 4.98 Å². The molecule has 1 aromatic rings. The van der Waals surface area contributed by atoms with Gasteiger partial charge in [-0.3, -0.25) is 0 Å². The molecule has 0 saturated carbocycles. The Kier molecular flexibility index (Phi) is 2.42. The number of hydrogen-bond donors (Lipinski definition) is 0. The van der Waals surface area contributed by atoms with Crippen LogP contribution in [0.1, 0.15) is 5.56 Å². The molecule has 0 aliphatic rings. The minimum Gasteiger partial charge on any atom is -0.365 e. The van der Waals surface area contributed by atoms with Crippen LogP contribution in [0.2, 0.25) is 0 Å². The van der Waals surface area contributed by atoms with Gasteiger partial charge in [0.15, 0.2) is 0 Å². The fourth-order valence-corrected chi connectivity index (χ4v) is 0.685. The molecule has 0 fully saturated rings. The Morgan fingerprint density at radius 3 is 2.33 bits per heavy atom. The lowest BCUT2D eigenvalue weighted by atomic mass is 10.3. The van der Waals surface area contributed by atoms with E-state index in [2.05, 4.69) is 9.27 Å². The van der Waals surface area contributed by atoms with Gasteiger partial charge in [0.2, 0.25) is 5.88 Å². The third-order valence-corrected chi connectivity index (χ3v) is 1.30. The maximum Gasteiger partial charge on any atom is 0.417 e. The topological polar surface area (TPSA) is 22.1 Å². The maximum absolute atomic E-state index is 11.9. The molecule has 0 spiro atoms. The molecule has 0 radical (unpaired) electrons. The molecule has 66 valence electrons. The number of pyridine rings is 1. The predicted octanol–water partition coefficient (Wildman–Crippen LogP) is 2.63. The van der Waals surface area contributed by atoms with Gasteiger partial charge in [-0.1, -0.05) is 0 Å². The van der Waals surface area contributed by atoms with Crippen LogP contribution >= 0.6 is 11.9 Å². The predicted molar refractivity (Wildman–Crippen MR) is 35.7 cm³/mol. The molecule has 0 aromatic carbocycles. The summed E-state index contributed by atoms with van der Waals surface area (Å²) < 4.78 is 39.8. The second kappa shape index (κ2) is 3.18. The van der Waals surface area contributed by atoms with Crippen LogP contribution in [0.15, 0.2) is 18.3 Å². The van der Waals surface area contributed by atoms with Crippen molar-refractivity contribution in [2.75, 3.05) is 0 Å². The van der Waals surface area contributed by atoms with Crippen LogP contribution in [0, 0.1) is 0 Å². The zero-order valence-corrected chi connectivity index (χ0v) is 6.36. The Labute approximate surface area is 71.1 Å². The highest BCUT2D eigenvalue weighted by Gasteiger charge is 2.30. The lowest BCUT2D eigenvalue weighted by molar-refractivity contribution is -0.137. The van der Waals surface area contributed by atoms with E-state index >= 15 is 0 Å². The Hall–Kier alpha value is -0.970. The smallest absolute Gasteiger partial charge is 0.365 e. The highest BCUT2D eigenvalue weighted by atomic mass is 35.5. The first-order valence-corrected chi connectivity index (χ1v) is 3.17. The molecular formula is C6H3ClF3NO. The van der Waals surface area contributed by atoms with Crippen LogP contribution in [0.3, 0.4) is 0 Å². The highest BCUT2D eigenvalue weighted by Crippen LogP contribution is 2.29. The molecule has 12 heavy (non-hydrogen) atoms. The highest BCUT2D eigenvalue weighted by molar-refractivity contribution is 6.08. The van der Waals surface area contributed by atoms with Crippen LogP contribution < -0.4 is 4.29 Å². The van der Waals surface area contributed by atoms with Gasteiger partial charge >= 0.3 is 6.18 Å². The van der Waals surface area contributed by atoms with Crippen molar-refractivity contribution in [2.24, 2.45) is 0 Å². The quantitative estimate of drug-likeness (QED) is 0.691. The number of rotatable bonds is 1. The van der Waals surface area contributed by atoms with E-state index < -0.39 is 11.7 Å². The van der Waals surface area contributed by atoms with Crippen molar-refractivity contribution in [3.8, 4) is 5.88 Å². The van der Waals surface area contributed by atoms with Crippen molar-refractivity contribution < 1.29 is 17.5 Å². The van der Waals surface area contributed by atoms with Gasteiger partial charge < -0.3 is 4.29 Å². The van der Waals surface area contributed by atoms with Crippen LogP contribution in [-0.4, -0.2) is 4.98 Å². The summed E-state index contributed by atoms with van der Waals surface area (Å²) in [7, 11) is 0. The van der Waals surface area contributed by atoms with Crippen molar-refractivity contribution in [1.82, 2.24) is 4.98 Å². The second-order valence-corrected chi connectivity index (χ2v) is 2.11. The van der Waals surface area contributed by atoms with Gasteiger partial charge in [-0.15, -0.1) is 0 Å². The van der Waals surface area contributed by atoms with Crippen LogP contribution in [0.4, 0.5) is 13.2 Å². The van der Waals surface area contributed by atoms with Gasteiger partial charge in [0, 0.05) is 12.3 Å². The normalized spacial score (nSPS) is 11.3. The molecule has 0 bridgehead atoms. The molecule has 1 rings (SSSR count). The average Bonchev–Trinajstić information content (AvgIpc) is 2.03. The molecule has 0 atom stereocenters. The molecule has 1 aromatic heterocycles. The Morgan fingerprint density at radius 2 is 2.00 bits per heavy atom. The largest absolute Gasteiger partial charge is 0.417 e. The Balaban J connectivity index is 2.93. The minimum absolute atomic E-state index is 0.0651. The zero-order chi connectivity index (χ0) is 9.19. The van der Waals surface area contributed by atoms with Gasteiger partial charge in [-0.2, -0.15) is 13.2 Å². The van der Waals surface area contributed by atoms with Crippen LogP contribution in [-0.2, 0) is 6.18 Å². The van der Waals surface area contributed by atoms with Gasteiger partial charge in [-0.05, 0) is 6.07 Å². The molecule has 0 saturated heterocycles. The fraction of sp³-hybridized carbons (Fsp3) is 0.167. The van der Waals surface area contributed by atoms with Crippen LogP contribution in [0.5, 0.6) is 5.88 Å². The van der Waals surface area contributed by atoms with E-state index in [-0.39, 0.29) is 5.88 Å². The summed E-state index contributed by atoms with van der Waals surface area (Å²) in [6.45, 7) is 0. The first-order chi connectivity index (χ1) is 5.54. The summed E-state index contributed by atoms with van der Waals surface area (Å²) in [5.41, 5.74) is -0.833. The average molecular weight is 198 g/mol. The third-order valence-electron chi connectivity index (χ3n) is 1.14. The number of halogens is 4. The molecule has 1 heterocycles.